The first-order valence-electron chi connectivity index (χ1n) is 3.23. The molecule has 77 valence electrons. The number of aromatic amines is 1. The Morgan fingerprint density at radius 1 is 1.85 bits per heavy atom. The summed E-state index contributed by atoms with van der Waals surface area (Å²) in [5.74, 6) is -1.11. The van der Waals surface area contributed by atoms with Crippen LogP contribution in [-0.4, -0.2) is 27.1 Å². The van der Waals surface area contributed by atoms with Crippen molar-refractivity contribution in [1.82, 2.24) is 9.97 Å². The summed E-state index contributed by atoms with van der Waals surface area (Å²) in [6.45, 7) is 0. The van der Waals surface area contributed by atoms with Gasteiger partial charge in [0, 0.05) is 11.9 Å². The number of carboxylic acid groups (broad SMARTS) is 1. The van der Waals surface area contributed by atoms with Crippen LogP contribution in [0.15, 0.2) is 12.5 Å². The standard InChI is InChI=1S/C6H8N3O2.ClH.Ni/c7-5(6(10)11)1-4-2-8-3-9-4;;/h2-3,5,7H,1H2,(H,8,9)(H,10,11);1H;/q-1;;+1/p-1. The van der Waals surface area contributed by atoms with Crippen molar-refractivity contribution in [1.29, 1.82) is 0 Å². The first-order valence-corrected chi connectivity index (χ1v) is 4.59. The third kappa shape index (κ3) is 4.88. The van der Waals surface area contributed by atoms with Gasteiger partial charge in [-0.25, -0.2) is 4.98 Å². The number of hydrogen-bond donors (Lipinski definition) is 2. The number of nitrogens with one attached hydrogen (secondary N) is 2. The Morgan fingerprint density at radius 2 is 2.46 bits per heavy atom. The van der Waals surface area contributed by atoms with Gasteiger partial charge in [-0.3, -0.25) is 4.79 Å². The second kappa shape index (κ2) is 6.89. The normalized spacial score (nSPS) is 11.4. The van der Waals surface area contributed by atoms with E-state index in [1.807, 2.05) is 0 Å². The molecule has 0 aliphatic rings. The summed E-state index contributed by atoms with van der Waals surface area (Å²) in [6, 6.07) is -1.10. The van der Waals surface area contributed by atoms with Gasteiger partial charge in [0.2, 0.25) is 0 Å². The predicted molar refractivity (Wildman–Crippen MR) is 43.9 cm³/mol. The van der Waals surface area contributed by atoms with Crippen molar-refractivity contribution < 1.29 is 24.5 Å². The van der Waals surface area contributed by atoms with Crippen LogP contribution in [0.1, 0.15) is 5.69 Å². The fraction of sp³-hybridized carbons (Fsp3) is 0.333. The number of carbonyl (C=O) groups is 1. The molecule has 0 spiro atoms. The van der Waals surface area contributed by atoms with Gasteiger partial charge in [0.05, 0.1) is 6.33 Å². The van der Waals surface area contributed by atoms with Crippen molar-refractivity contribution in [3.05, 3.63) is 24.0 Å². The van der Waals surface area contributed by atoms with Crippen LogP contribution in [0.2, 0.25) is 0 Å². The third-order valence-electron chi connectivity index (χ3n) is 1.28. The van der Waals surface area contributed by atoms with Crippen molar-refractivity contribution in [3.63, 3.8) is 0 Å². The Kier molecular flexibility index (Phi) is 6.58. The van der Waals surface area contributed by atoms with E-state index in [-0.39, 0.29) is 6.42 Å². The van der Waals surface area contributed by atoms with Crippen molar-refractivity contribution in [2.45, 2.75) is 12.5 Å². The van der Waals surface area contributed by atoms with E-state index < -0.39 is 12.0 Å². The van der Waals surface area contributed by atoms with E-state index in [9.17, 15) is 4.79 Å². The number of H-pyrrole nitrogens is 1. The first kappa shape index (κ1) is 12.4. The molecule has 1 unspecified atom stereocenters. The van der Waals surface area contributed by atoms with Crippen LogP contribution < -0.4 is 0 Å². The summed E-state index contributed by atoms with van der Waals surface area (Å²) in [5, 5.41) is 8.36. The number of rotatable bonds is 3. The Balaban J connectivity index is 0.000000671. The van der Waals surface area contributed by atoms with Crippen LogP contribution in [0.5, 0.6) is 0 Å². The molecule has 0 fully saturated rings. The first-order chi connectivity index (χ1) is 6.20. The molecule has 0 saturated carbocycles. The second-order valence-corrected chi connectivity index (χ2v) is 2.17. The second-order valence-electron chi connectivity index (χ2n) is 2.17. The smallest absolute Gasteiger partial charge is 0.285 e. The van der Waals surface area contributed by atoms with Gasteiger partial charge < -0.3 is 15.8 Å². The van der Waals surface area contributed by atoms with Gasteiger partial charge in [0.25, 0.3) is 5.97 Å². The molecule has 3 N–H and O–H groups in total. The average Bonchev–Trinajstić information content (AvgIpc) is 2.60. The average molecular weight is 248 g/mol. The minimum Gasteiger partial charge on any atom is -0.665 e. The van der Waals surface area contributed by atoms with E-state index >= 15 is 0 Å². The minimum atomic E-state index is -1.11. The number of hydrogen-bond acceptors (Lipinski definition) is 2. The molecule has 7 heteroatoms. The molecule has 1 aromatic heterocycles. The van der Waals surface area contributed by atoms with Gasteiger partial charge in [-0.15, -0.1) is 0 Å². The van der Waals surface area contributed by atoms with Crippen molar-refractivity contribution >= 4 is 16.2 Å². The molecule has 1 rings (SSSR count). The van der Waals surface area contributed by atoms with Crippen LogP contribution in [0.4, 0.5) is 0 Å². The Morgan fingerprint density at radius 3 is 2.85 bits per heavy atom. The molecular formula is C6H8ClN3NiO2-. The van der Waals surface area contributed by atoms with Gasteiger partial charge in [-0.1, -0.05) is 0 Å². The van der Waals surface area contributed by atoms with Gasteiger partial charge in [-0.05, 0) is 12.5 Å². The molecule has 5 nitrogen and oxygen atoms in total. The van der Waals surface area contributed by atoms with Crippen molar-refractivity contribution in [2.75, 3.05) is 0 Å². The molecule has 0 saturated heterocycles. The molecule has 13 heavy (non-hydrogen) atoms. The Labute approximate surface area is 87.3 Å². The fourth-order valence-corrected chi connectivity index (χ4v) is 0.704. The maximum Gasteiger partial charge on any atom is 0.285 e. The van der Waals surface area contributed by atoms with E-state index in [1.165, 1.54) is 12.5 Å². The van der Waals surface area contributed by atoms with Crippen molar-refractivity contribution in [2.24, 2.45) is 0 Å². The summed E-state index contributed by atoms with van der Waals surface area (Å²) in [6.07, 6.45) is 3.16. The SMILES string of the molecule is [Cl][Ni].[NH-]C(Cc1cnc[nH]1)C(=O)O. The predicted octanol–water partition coefficient (Wildman–Crippen LogP) is 1.14. The van der Waals surface area contributed by atoms with E-state index in [0.29, 0.717) is 5.69 Å². The monoisotopic (exact) mass is 247 g/mol. The van der Waals surface area contributed by atoms with Gasteiger partial charge in [0.15, 0.2) is 0 Å². The van der Waals surface area contributed by atoms with Crippen LogP contribution in [0.25, 0.3) is 5.73 Å². The molecule has 1 aromatic rings. The maximum absolute atomic E-state index is 10.2. The van der Waals surface area contributed by atoms with Gasteiger partial charge in [-0.2, -0.15) is 0 Å². The number of halogens is 1. The van der Waals surface area contributed by atoms with Gasteiger partial charge in [0.1, 0.15) is 0 Å². The Hall–Kier alpha value is -0.576. The zero-order valence-corrected chi connectivity index (χ0v) is 8.18. The van der Waals surface area contributed by atoms with Gasteiger partial charge >= 0.3 is 24.8 Å². The summed E-state index contributed by atoms with van der Waals surface area (Å²) in [7, 11) is 4.26. The quantitative estimate of drug-likeness (QED) is 0.786. The summed E-state index contributed by atoms with van der Waals surface area (Å²) in [5.41, 5.74) is 7.73. The molecule has 0 radical (unpaired) electrons. The number of nitrogens with zero attached hydrogens (tertiary/aromatic N) is 1. The van der Waals surface area contributed by atoms with E-state index in [0.717, 1.165) is 0 Å². The zero-order valence-electron chi connectivity index (χ0n) is 6.44. The van der Waals surface area contributed by atoms with Crippen molar-refractivity contribution in [3.8, 4) is 0 Å². The molecule has 1 heterocycles. The molecule has 0 amide bonds. The summed E-state index contributed by atoms with van der Waals surface area (Å²) in [4.78, 5) is 16.6. The number of carboxylic acids is 1. The van der Waals surface area contributed by atoms with Crippen LogP contribution in [0.3, 0.4) is 0 Å². The van der Waals surface area contributed by atoms with E-state index in [4.69, 9.17) is 10.8 Å². The number of aliphatic carboxylic acids is 1. The summed E-state index contributed by atoms with van der Waals surface area (Å²) < 4.78 is 0. The number of aromatic nitrogens is 2. The maximum atomic E-state index is 10.2. The molecule has 0 aliphatic carbocycles. The summed E-state index contributed by atoms with van der Waals surface area (Å²) >= 11 is 3.35. The molecular weight excluding hydrogens is 240 g/mol. The fourth-order valence-electron chi connectivity index (χ4n) is 0.704. The van der Waals surface area contributed by atoms with Crippen LogP contribution in [-0.2, 0) is 25.8 Å². The number of imidazole rings is 1. The van der Waals surface area contributed by atoms with E-state index in [1.54, 1.807) is 0 Å². The third-order valence-corrected chi connectivity index (χ3v) is 1.28. The zero-order chi connectivity index (χ0) is 10.3. The molecule has 0 aromatic carbocycles. The van der Waals surface area contributed by atoms with Crippen LogP contribution in [0, 0.1) is 0 Å². The Bertz CT molecular complexity index is 242. The molecule has 0 bridgehead atoms. The van der Waals surface area contributed by atoms with E-state index in [2.05, 4.69) is 34.7 Å². The van der Waals surface area contributed by atoms with Crippen LogP contribution >= 0.6 is 10.2 Å². The molecule has 1 atom stereocenters. The molecule has 0 aliphatic heterocycles. The topological polar surface area (TPSA) is 89.8 Å². The largest absolute Gasteiger partial charge is 0.665 e. The minimum absolute atomic E-state index is 0.176.